The summed E-state index contributed by atoms with van der Waals surface area (Å²) in [5, 5.41) is 8.09. The third kappa shape index (κ3) is 3.03. The molecule has 0 saturated carbocycles. The van der Waals surface area contributed by atoms with E-state index in [2.05, 4.69) is 48.7 Å². The largest absolute Gasteiger partial charge is 0.310 e. The van der Waals surface area contributed by atoms with E-state index in [9.17, 15) is 0 Å². The molecule has 0 spiro atoms. The maximum atomic E-state index is 4.44. The lowest BCUT2D eigenvalue weighted by molar-refractivity contribution is 0.529. The molecule has 0 amide bonds. The minimum Gasteiger partial charge on any atom is -0.310 e. The Balaban J connectivity index is 1.80. The number of rotatable bonds is 6. The van der Waals surface area contributed by atoms with Gasteiger partial charge in [0.2, 0.25) is 0 Å². The molecule has 0 radical (unpaired) electrons. The van der Waals surface area contributed by atoms with E-state index < -0.39 is 0 Å². The minimum absolute atomic E-state index is 0.553. The van der Waals surface area contributed by atoms with Crippen molar-refractivity contribution in [2.24, 2.45) is 0 Å². The summed E-state index contributed by atoms with van der Waals surface area (Å²) in [6.45, 7) is 6.50. The zero-order valence-electron chi connectivity index (χ0n) is 13.1. The van der Waals surface area contributed by atoms with Gasteiger partial charge in [-0.05, 0) is 48.9 Å². The van der Waals surface area contributed by atoms with Crippen molar-refractivity contribution >= 4 is 0 Å². The maximum absolute atomic E-state index is 4.44. The molecule has 112 valence electrons. The van der Waals surface area contributed by atoms with Gasteiger partial charge in [0.05, 0.1) is 6.20 Å². The van der Waals surface area contributed by atoms with E-state index in [4.69, 9.17) is 0 Å². The molecule has 21 heavy (non-hydrogen) atoms. The Kier molecular flexibility index (Phi) is 4.39. The van der Waals surface area contributed by atoms with Crippen molar-refractivity contribution in [2.75, 3.05) is 6.54 Å². The van der Waals surface area contributed by atoms with Crippen LogP contribution in [0.15, 0.2) is 30.6 Å². The molecule has 1 N–H and O–H groups in total. The highest BCUT2D eigenvalue weighted by atomic mass is 15.3. The smallest absolute Gasteiger partial charge is 0.0568 e. The van der Waals surface area contributed by atoms with Crippen LogP contribution in [0.1, 0.15) is 50.3 Å². The molecule has 0 saturated heterocycles. The van der Waals surface area contributed by atoms with Gasteiger partial charge in [-0.1, -0.05) is 32.0 Å². The first-order valence-electron chi connectivity index (χ1n) is 8.20. The predicted octanol–water partition coefficient (Wildman–Crippen LogP) is 3.95. The molecule has 3 heteroatoms. The molecule has 3 rings (SSSR count). The van der Waals surface area contributed by atoms with Gasteiger partial charge in [0.15, 0.2) is 0 Å². The number of hydrogen-bond acceptors (Lipinski definition) is 2. The highest BCUT2D eigenvalue weighted by Crippen LogP contribution is 2.34. The zero-order valence-corrected chi connectivity index (χ0v) is 13.1. The first kappa shape index (κ1) is 14.3. The highest BCUT2D eigenvalue weighted by Gasteiger charge is 2.22. The standard InChI is InChI=1S/C18H25N3/c1-3-9-19-18-8-6-15-11-14(5-7-17(15)18)16-12-20-21(13-16)10-4-2/h5,7,11-13,18-19H,3-4,6,8-10H2,1-2H3. The Hall–Kier alpha value is -1.61. The second kappa shape index (κ2) is 6.44. The number of nitrogens with zero attached hydrogens (tertiary/aromatic N) is 2. The number of hydrogen-bond donors (Lipinski definition) is 1. The molecule has 1 unspecified atom stereocenters. The van der Waals surface area contributed by atoms with E-state index in [1.807, 2.05) is 10.9 Å². The van der Waals surface area contributed by atoms with Crippen molar-refractivity contribution in [2.45, 2.75) is 52.1 Å². The summed E-state index contributed by atoms with van der Waals surface area (Å²) < 4.78 is 2.04. The van der Waals surface area contributed by atoms with Crippen molar-refractivity contribution in [3.05, 3.63) is 41.7 Å². The second-order valence-electron chi connectivity index (χ2n) is 5.95. The normalized spacial score (nSPS) is 17.1. The quantitative estimate of drug-likeness (QED) is 0.870. The maximum Gasteiger partial charge on any atom is 0.0568 e. The zero-order chi connectivity index (χ0) is 14.7. The summed E-state index contributed by atoms with van der Waals surface area (Å²) in [5.41, 5.74) is 5.53. The molecular weight excluding hydrogens is 258 g/mol. The molecule has 3 nitrogen and oxygen atoms in total. The minimum atomic E-state index is 0.553. The van der Waals surface area contributed by atoms with Gasteiger partial charge < -0.3 is 5.32 Å². The second-order valence-corrected chi connectivity index (χ2v) is 5.95. The summed E-state index contributed by atoms with van der Waals surface area (Å²) in [7, 11) is 0. The van der Waals surface area contributed by atoms with Crippen molar-refractivity contribution in [3.63, 3.8) is 0 Å². The molecule has 1 aliphatic carbocycles. The molecule has 1 aromatic heterocycles. The third-order valence-electron chi connectivity index (χ3n) is 4.28. The Morgan fingerprint density at radius 2 is 2.14 bits per heavy atom. The van der Waals surface area contributed by atoms with Crippen LogP contribution >= 0.6 is 0 Å². The van der Waals surface area contributed by atoms with E-state index in [1.165, 1.54) is 41.5 Å². The van der Waals surface area contributed by atoms with Crippen molar-refractivity contribution in [1.82, 2.24) is 15.1 Å². The van der Waals surface area contributed by atoms with Crippen LogP contribution in [0.2, 0.25) is 0 Å². The average Bonchev–Trinajstić information content (AvgIpc) is 3.12. The predicted molar refractivity (Wildman–Crippen MR) is 87.3 cm³/mol. The van der Waals surface area contributed by atoms with E-state index in [-0.39, 0.29) is 0 Å². The van der Waals surface area contributed by atoms with Crippen LogP contribution in [-0.4, -0.2) is 16.3 Å². The topological polar surface area (TPSA) is 29.9 Å². The van der Waals surface area contributed by atoms with Crippen LogP contribution < -0.4 is 5.32 Å². The van der Waals surface area contributed by atoms with Crippen LogP contribution in [0.5, 0.6) is 0 Å². The van der Waals surface area contributed by atoms with Crippen molar-refractivity contribution in [1.29, 1.82) is 0 Å². The van der Waals surface area contributed by atoms with E-state index in [0.29, 0.717) is 6.04 Å². The van der Waals surface area contributed by atoms with Crippen LogP contribution in [0, 0.1) is 0 Å². The summed E-state index contributed by atoms with van der Waals surface area (Å²) in [5.74, 6) is 0. The van der Waals surface area contributed by atoms with Gasteiger partial charge in [0.25, 0.3) is 0 Å². The third-order valence-corrected chi connectivity index (χ3v) is 4.28. The summed E-state index contributed by atoms with van der Waals surface area (Å²) in [4.78, 5) is 0. The monoisotopic (exact) mass is 283 g/mol. The fourth-order valence-corrected chi connectivity index (χ4v) is 3.19. The average molecular weight is 283 g/mol. The van der Waals surface area contributed by atoms with Gasteiger partial charge >= 0.3 is 0 Å². The van der Waals surface area contributed by atoms with Crippen molar-refractivity contribution in [3.8, 4) is 11.1 Å². The SMILES string of the molecule is CCCNC1CCc2cc(-c3cnn(CCC)c3)ccc21. The number of benzene rings is 1. The molecular formula is C18H25N3. The lowest BCUT2D eigenvalue weighted by Gasteiger charge is -2.13. The molecule has 0 fully saturated rings. The van der Waals surface area contributed by atoms with Gasteiger partial charge in [0, 0.05) is 24.3 Å². The lowest BCUT2D eigenvalue weighted by atomic mass is 10.0. The van der Waals surface area contributed by atoms with Crippen LogP contribution in [0.4, 0.5) is 0 Å². The van der Waals surface area contributed by atoms with Crippen LogP contribution in [0.3, 0.4) is 0 Å². The molecule has 0 aliphatic heterocycles. The summed E-state index contributed by atoms with van der Waals surface area (Å²) >= 11 is 0. The first-order chi connectivity index (χ1) is 10.3. The van der Waals surface area contributed by atoms with Gasteiger partial charge in [0.1, 0.15) is 0 Å². The fraction of sp³-hybridized carbons (Fsp3) is 0.500. The summed E-state index contributed by atoms with van der Waals surface area (Å²) in [6.07, 6.45) is 8.88. The molecule has 1 aliphatic rings. The Labute approximate surface area is 127 Å². The van der Waals surface area contributed by atoms with Gasteiger partial charge in [-0.2, -0.15) is 5.10 Å². The molecule has 0 bridgehead atoms. The molecule has 1 aromatic carbocycles. The number of aromatic nitrogens is 2. The summed E-state index contributed by atoms with van der Waals surface area (Å²) in [6, 6.07) is 7.47. The first-order valence-corrected chi connectivity index (χ1v) is 8.20. The van der Waals surface area contributed by atoms with Gasteiger partial charge in [-0.15, -0.1) is 0 Å². The van der Waals surface area contributed by atoms with E-state index in [0.717, 1.165) is 19.5 Å². The van der Waals surface area contributed by atoms with E-state index >= 15 is 0 Å². The highest BCUT2D eigenvalue weighted by molar-refractivity contribution is 5.64. The molecule has 1 atom stereocenters. The van der Waals surface area contributed by atoms with Gasteiger partial charge in [-0.25, -0.2) is 0 Å². The van der Waals surface area contributed by atoms with Crippen molar-refractivity contribution < 1.29 is 0 Å². The fourth-order valence-electron chi connectivity index (χ4n) is 3.19. The molecule has 2 aromatic rings. The van der Waals surface area contributed by atoms with E-state index in [1.54, 1.807) is 0 Å². The Morgan fingerprint density at radius 1 is 1.24 bits per heavy atom. The Morgan fingerprint density at radius 3 is 2.95 bits per heavy atom. The van der Waals surface area contributed by atoms with Gasteiger partial charge in [-0.3, -0.25) is 4.68 Å². The van der Waals surface area contributed by atoms with Crippen LogP contribution in [-0.2, 0) is 13.0 Å². The molecule has 1 heterocycles. The number of aryl methyl sites for hydroxylation is 2. The number of nitrogens with one attached hydrogen (secondary N) is 1. The lowest BCUT2D eigenvalue weighted by Crippen LogP contribution is -2.19. The Bertz CT molecular complexity index is 600. The van der Waals surface area contributed by atoms with Crippen LogP contribution in [0.25, 0.3) is 11.1 Å². The number of fused-ring (bicyclic) bond motifs is 1.